The zero-order chi connectivity index (χ0) is 14.7. The molecule has 6 heteroatoms. The van der Waals surface area contributed by atoms with Gasteiger partial charge in [0.1, 0.15) is 0 Å². The maximum Gasteiger partial charge on any atom is 0.254 e. The van der Waals surface area contributed by atoms with Gasteiger partial charge in [0.15, 0.2) is 11.5 Å². The van der Waals surface area contributed by atoms with E-state index in [4.69, 9.17) is 21.1 Å². The number of hydrogen-bond donors (Lipinski definition) is 1. The van der Waals surface area contributed by atoms with Gasteiger partial charge in [0, 0.05) is 5.57 Å². The van der Waals surface area contributed by atoms with Crippen LogP contribution in [-0.4, -0.2) is 25.5 Å². The summed E-state index contributed by atoms with van der Waals surface area (Å²) in [5, 5.41) is 2.61. The molecule has 1 aromatic carbocycles. The van der Waals surface area contributed by atoms with Crippen LogP contribution in [0.3, 0.4) is 0 Å². The summed E-state index contributed by atoms with van der Waals surface area (Å²) < 4.78 is 10.6. The number of rotatable bonds is 4. The van der Waals surface area contributed by atoms with Gasteiger partial charge < -0.3 is 9.47 Å². The summed E-state index contributed by atoms with van der Waals surface area (Å²) in [6.07, 6.45) is 1.69. The lowest BCUT2D eigenvalue weighted by Crippen LogP contribution is -2.19. The van der Waals surface area contributed by atoms with Crippen LogP contribution in [0.5, 0.6) is 11.5 Å². The molecular weight excluding hydrogens is 282 g/mol. The number of nitrogens with one attached hydrogen (secondary N) is 1. The zero-order valence-electron chi connectivity index (χ0n) is 11.2. The monoisotopic (exact) mass is 295 g/mol. The van der Waals surface area contributed by atoms with E-state index in [9.17, 15) is 9.59 Å². The van der Waals surface area contributed by atoms with Crippen molar-refractivity contribution in [1.29, 1.82) is 0 Å². The van der Waals surface area contributed by atoms with Crippen LogP contribution in [-0.2, 0) is 9.59 Å². The highest BCUT2D eigenvalue weighted by atomic mass is 35.5. The largest absolute Gasteiger partial charge is 0.491 e. The van der Waals surface area contributed by atoms with E-state index in [2.05, 4.69) is 5.32 Å². The minimum Gasteiger partial charge on any atom is -0.491 e. The highest BCUT2D eigenvalue weighted by Crippen LogP contribution is 2.37. The van der Waals surface area contributed by atoms with Gasteiger partial charge in [0.2, 0.25) is 5.91 Å². The minimum atomic E-state index is -0.375. The first kappa shape index (κ1) is 14.4. The Bertz CT molecular complexity index is 595. The predicted octanol–water partition coefficient (Wildman–Crippen LogP) is 2.18. The fourth-order valence-corrected chi connectivity index (χ4v) is 2.25. The summed E-state index contributed by atoms with van der Waals surface area (Å²) in [4.78, 5) is 22.7. The molecular formula is C14H14ClNO4. The van der Waals surface area contributed by atoms with Crippen LogP contribution < -0.4 is 14.8 Å². The van der Waals surface area contributed by atoms with Crippen LogP contribution in [0.1, 0.15) is 18.9 Å². The van der Waals surface area contributed by atoms with Gasteiger partial charge in [-0.1, -0.05) is 11.6 Å². The molecule has 1 N–H and O–H groups in total. The maximum atomic E-state index is 11.5. The van der Waals surface area contributed by atoms with Gasteiger partial charge >= 0.3 is 0 Å². The number of methoxy groups -OCH3 is 1. The number of benzene rings is 1. The molecule has 0 radical (unpaired) electrons. The molecule has 1 aromatic rings. The van der Waals surface area contributed by atoms with Gasteiger partial charge in [-0.25, -0.2) is 0 Å². The van der Waals surface area contributed by atoms with Gasteiger partial charge in [-0.3, -0.25) is 14.9 Å². The Morgan fingerprint density at radius 2 is 2.15 bits per heavy atom. The van der Waals surface area contributed by atoms with Crippen LogP contribution in [0.4, 0.5) is 0 Å². The van der Waals surface area contributed by atoms with E-state index in [1.807, 2.05) is 6.92 Å². The van der Waals surface area contributed by atoms with E-state index >= 15 is 0 Å². The summed E-state index contributed by atoms with van der Waals surface area (Å²) in [7, 11) is 1.50. The molecule has 0 aliphatic carbocycles. The molecule has 0 unspecified atom stereocenters. The number of imide groups is 1. The molecule has 1 heterocycles. The van der Waals surface area contributed by atoms with E-state index in [1.54, 1.807) is 18.2 Å². The van der Waals surface area contributed by atoms with Gasteiger partial charge in [-0.05, 0) is 30.7 Å². The first-order valence-corrected chi connectivity index (χ1v) is 6.48. The van der Waals surface area contributed by atoms with Gasteiger partial charge in [0.05, 0.1) is 25.2 Å². The van der Waals surface area contributed by atoms with Crippen molar-refractivity contribution in [3.8, 4) is 11.5 Å². The fourth-order valence-electron chi connectivity index (χ4n) is 1.95. The molecule has 0 aromatic heterocycles. The Labute approximate surface area is 121 Å². The Hall–Kier alpha value is -2.01. The molecule has 5 nitrogen and oxygen atoms in total. The van der Waals surface area contributed by atoms with Crippen LogP contribution in [0, 0.1) is 0 Å². The second-order valence-corrected chi connectivity index (χ2v) is 4.60. The summed E-state index contributed by atoms with van der Waals surface area (Å²) in [5.41, 5.74) is 1.08. The standard InChI is InChI=1S/C14H14ClNO4/c1-3-20-11-6-8(5-10(15)13(11)19-2)4-9-7-12(17)16-14(9)18/h4-6H,3,7H2,1-2H3,(H,16,17,18). The SMILES string of the molecule is CCOc1cc(C=C2CC(=O)NC2=O)cc(Cl)c1OC. The first-order valence-electron chi connectivity index (χ1n) is 6.10. The van der Waals surface area contributed by atoms with Crippen molar-refractivity contribution in [2.24, 2.45) is 0 Å². The Morgan fingerprint density at radius 3 is 2.70 bits per heavy atom. The first-order chi connectivity index (χ1) is 9.55. The summed E-state index contributed by atoms with van der Waals surface area (Å²) in [5.74, 6) is 0.271. The number of hydrogen-bond acceptors (Lipinski definition) is 4. The molecule has 0 atom stereocenters. The number of carbonyl (C=O) groups excluding carboxylic acids is 2. The van der Waals surface area contributed by atoms with E-state index in [1.165, 1.54) is 7.11 Å². The molecule has 2 rings (SSSR count). The third-order valence-corrected chi connectivity index (χ3v) is 3.05. The molecule has 0 bridgehead atoms. The Balaban J connectivity index is 2.40. The molecule has 1 fully saturated rings. The average Bonchev–Trinajstić information content (AvgIpc) is 2.68. The van der Waals surface area contributed by atoms with Gasteiger partial charge in [-0.15, -0.1) is 0 Å². The van der Waals surface area contributed by atoms with Crippen molar-refractivity contribution in [1.82, 2.24) is 5.32 Å². The van der Waals surface area contributed by atoms with Crippen LogP contribution in [0.15, 0.2) is 17.7 Å². The molecule has 0 spiro atoms. The van der Waals surface area contributed by atoms with Crippen molar-refractivity contribution in [3.05, 3.63) is 28.3 Å². The fraction of sp³-hybridized carbons (Fsp3) is 0.286. The van der Waals surface area contributed by atoms with E-state index in [0.29, 0.717) is 34.3 Å². The zero-order valence-corrected chi connectivity index (χ0v) is 11.9. The summed E-state index contributed by atoms with van der Waals surface area (Å²) in [6.45, 7) is 2.31. The average molecular weight is 296 g/mol. The molecule has 1 saturated heterocycles. The molecule has 0 saturated carbocycles. The smallest absolute Gasteiger partial charge is 0.254 e. The third kappa shape index (κ3) is 2.93. The molecule has 2 amide bonds. The van der Waals surface area contributed by atoms with Crippen molar-refractivity contribution < 1.29 is 19.1 Å². The van der Waals surface area contributed by atoms with Gasteiger partial charge in [-0.2, -0.15) is 0 Å². The van der Waals surface area contributed by atoms with Crippen molar-refractivity contribution in [3.63, 3.8) is 0 Å². The third-order valence-electron chi connectivity index (χ3n) is 2.77. The lowest BCUT2D eigenvalue weighted by molar-refractivity contribution is -0.124. The number of halogens is 1. The van der Waals surface area contributed by atoms with Crippen molar-refractivity contribution in [2.45, 2.75) is 13.3 Å². The Kier molecular flexibility index (Phi) is 4.29. The van der Waals surface area contributed by atoms with Crippen molar-refractivity contribution in [2.75, 3.05) is 13.7 Å². The highest BCUT2D eigenvalue weighted by Gasteiger charge is 2.24. The highest BCUT2D eigenvalue weighted by molar-refractivity contribution is 6.32. The van der Waals surface area contributed by atoms with Crippen LogP contribution in [0.25, 0.3) is 6.08 Å². The summed E-state index contributed by atoms with van der Waals surface area (Å²) >= 11 is 6.12. The minimum absolute atomic E-state index is 0.0758. The lowest BCUT2D eigenvalue weighted by atomic mass is 10.1. The van der Waals surface area contributed by atoms with E-state index in [-0.39, 0.29) is 18.2 Å². The molecule has 1 aliphatic heterocycles. The second kappa shape index (κ2) is 5.96. The van der Waals surface area contributed by atoms with E-state index in [0.717, 1.165) is 0 Å². The van der Waals surface area contributed by atoms with Crippen LogP contribution >= 0.6 is 11.6 Å². The molecule has 20 heavy (non-hydrogen) atoms. The number of ether oxygens (including phenoxy) is 2. The topological polar surface area (TPSA) is 64.6 Å². The molecule has 106 valence electrons. The normalized spacial score (nSPS) is 16.4. The summed E-state index contributed by atoms with van der Waals surface area (Å²) in [6, 6.07) is 3.38. The van der Waals surface area contributed by atoms with Gasteiger partial charge in [0.25, 0.3) is 5.91 Å². The van der Waals surface area contributed by atoms with Crippen LogP contribution in [0.2, 0.25) is 5.02 Å². The quantitative estimate of drug-likeness (QED) is 0.683. The predicted molar refractivity (Wildman–Crippen MR) is 74.9 cm³/mol. The number of carbonyl (C=O) groups is 2. The van der Waals surface area contributed by atoms with Crippen molar-refractivity contribution >= 4 is 29.5 Å². The molecule has 1 aliphatic rings. The maximum absolute atomic E-state index is 11.5. The number of amides is 2. The van der Waals surface area contributed by atoms with E-state index < -0.39 is 0 Å². The lowest BCUT2D eigenvalue weighted by Gasteiger charge is -2.12. The second-order valence-electron chi connectivity index (χ2n) is 4.19. The Morgan fingerprint density at radius 1 is 1.40 bits per heavy atom.